The molecule has 0 aliphatic carbocycles. The van der Waals surface area contributed by atoms with Gasteiger partial charge in [-0.05, 0) is 45.4 Å². The first-order valence-electron chi connectivity index (χ1n) is 10.1. The normalized spacial score (nSPS) is 18.8. The van der Waals surface area contributed by atoms with Gasteiger partial charge in [-0.1, -0.05) is 12.1 Å². The van der Waals surface area contributed by atoms with Gasteiger partial charge in [0.25, 0.3) is 5.91 Å². The first-order valence-corrected chi connectivity index (χ1v) is 10.1. The van der Waals surface area contributed by atoms with Crippen molar-refractivity contribution in [2.45, 2.75) is 45.4 Å². The molecular weight excluding hydrogens is 406 g/mol. The van der Waals surface area contributed by atoms with Crippen LogP contribution in [0.3, 0.4) is 0 Å². The van der Waals surface area contributed by atoms with E-state index in [1.54, 1.807) is 22.9 Å². The lowest BCUT2D eigenvalue weighted by molar-refractivity contribution is -0.0498. The van der Waals surface area contributed by atoms with Gasteiger partial charge < -0.3 is 14.8 Å². The Morgan fingerprint density at radius 3 is 2.81 bits per heavy atom. The Labute approximate surface area is 178 Å². The van der Waals surface area contributed by atoms with E-state index >= 15 is 0 Å². The highest BCUT2D eigenvalue weighted by Gasteiger charge is 2.32. The highest BCUT2D eigenvalue weighted by molar-refractivity contribution is 5.99. The SMILES string of the molecule is CC(C)n1nc(-c2cccc(OC(F)F)c2)c2ncc(C(=O)NC3(C)CCOC3)cc21. The summed E-state index contributed by atoms with van der Waals surface area (Å²) in [7, 11) is 0. The van der Waals surface area contributed by atoms with E-state index in [1.807, 2.05) is 20.8 Å². The van der Waals surface area contributed by atoms with Gasteiger partial charge in [-0.2, -0.15) is 13.9 Å². The van der Waals surface area contributed by atoms with Crippen molar-refractivity contribution >= 4 is 16.9 Å². The quantitative estimate of drug-likeness (QED) is 0.635. The van der Waals surface area contributed by atoms with Crippen molar-refractivity contribution < 1.29 is 23.0 Å². The van der Waals surface area contributed by atoms with Crippen molar-refractivity contribution in [1.29, 1.82) is 0 Å². The molecule has 7 nitrogen and oxygen atoms in total. The largest absolute Gasteiger partial charge is 0.435 e. The zero-order valence-corrected chi connectivity index (χ0v) is 17.6. The Morgan fingerprint density at radius 1 is 1.32 bits per heavy atom. The summed E-state index contributed by atoms with van der Waals surface area (Å²) in [5.41, 5.74) is 2.42. The van der Waals surface area contributed by atoms with Crippen molar-refractivity contribution in [3.05, 3.63) is 42.1 Å². The Kier molecular flexibility index (Phi) is 5.62. The summed E-state index contributed by atoms with van der Waals surface area (Å²) in [4.78, 5) is 17.3. The third-order valence-electron chi connectivity index (χ3n) is 5.26. The molecule has 0 spiro atoms. The van der Waals surface area contributed by atoms with Gasteiger partial charge in [-0.3, -0.25) is 14.5 Å². The molecule has 1 aliphatic heterocycles. The third kappa shape index (κ3) is 4.36. The second kappa shape index (κ2) is 8.22. The van der Waals surface area contributed by atoms with E-state index in [9.17, 15) is 13.6 Å². The number of halogens is 2. The van der Waals surface area contributed by atoms with Gasteiger partial charge in [0.15, 0.2) is 0 Å². The number of fused-ring (bicyclic) bond motifs is 1. The molecule has 9 heteroatoms. The van der Waals surface area contributed by atoms with Gasteiger partial charge in [0.2, 0.25) is 0 Å². The van der Waals surface area contributed by atoms with Crippen LogP contribution in [0.4, 0.5) is 8.78 Å². The van der Waals surface area contributed by atoms with Crippen LogP contribution in [0.15, 0.2) is 36.5 Å². The first kappa shape index (κ1) is 21.2. The van der Waals surface area contributed by atoms with Crippen LogP contribution in [-0.2, 0) is 4.74 Å². The summed E-state index contributed by atoms with van der Waals surface area (Å²) in [6.07, 6.45) is 2.26. The number of rotatable bonds is 6. The summed E-state index contributed by atoms with van der Waals surface area (Å²) in [5, 5.41) is 7.68. The maximum absolute atomic E-state index is 12.8. The molecule has 164 valence electrons. The molecule has 3 aromatic rings. The van der Waals surface area contributed by atoms with E-state index in [-0.39, 0.29) is 17.7 Å². The Hall–Kier alpha value is -3.07. The van der Waals surface area contributed by atoms with Crippen LogP contribution < -0.4 is 10.1 Å². The molecule has 1 fully saturated rings. The lowest BCUT2D eigenvalue weighted by Crippen LogP contribution is -2.46. The maximum Gasteiger partial charge on any atom is 0.387 e. The number of aromatic nitrogens is 3. The predicted octanol–water partition coefficient (Wildman–Crippen LogP) is 4.19. The number of hydrogen-bond donors (Lipinski definition) is 1. The van der Waals surface area contributed by atoms with Gasteiger partial charge >= 0.3 is 6.61 Å². The van der Waals surface area contributed by atoms with Crippen LogP contribution in [0, 0.1) is 0 Å². The molecule has 1 aliphatic rings. The number of carbonyl (C=O) groups excluding carboxylic acids is 1. The standard InChI is InChI=1S/C22H24F2N4O3/c1-13(2)28-17-10-15(20(29)26-22(3)7-8-30-12-22)11-25-19(17)18(27-28)14-5-4-6-16(9-14)31-21(23)24/h4-6,9-11,13,21H,7-8,12H2,1-3H3,(H,26,29). The molecule has 0 bridgehead atoms. The topological polar surface area (TPSA) is 78.3 Å². The van der Waals surface area contributed by atoms with Crippen LogP contribution in [0.25, 0.3) is 22.3 Å². The van der Waals surface area contributed by atoms with Crippen molar-refractivity contribution in [3.8, 4) is 17.0 Å². The van der Waals surface area contributed by atoms with Gasteiger partial charge in [-0.25, -0.2) is 0 Å². The van der Waals surface area contributed by atoms with Gasteiger partial charge in [0, 0.05) is 24.4 Å². The molecule has 1 aromatic carbocycles. The van der Waals surface area contributed by atoms with Crippen LogP contribution >= 0.6 is 0 Å². The smallest absolute Gasteiger partial charge is 0.387 e. The molecule has 0 saturated carbocycles. The number of amides is 1. The molecule has 1 N–H and O–H groups in total. The minimum atomic E-state index is -2.91. The molecule has 1 atom stereocenters. The zero-order chi connectivity index (χ0) is 22.2. The number of nitrogens with zero attached hydrogens (tertiary/aromatic N) is 3. The summed E-state index contributed by atoms with van der Waals surface area (Å²) < 4.78 is 36.9. The zero-order valence-electron chi connectivity index (χ0n) is 17.6. The van der Waals surface area contributed by atoms with Gasteiger partial charge in [-0.15, -0.1) is 0 Å². The fourth-order valence-electron chi connectivity index (χ4n) is 3.66. The number of benzene rings is 1. The van der Waals surface area contributed by atoms with Crippen LogP contribution in [0.5, 0.6) is 5.75 Å². The first-order chi connectivity index (χ1) is 14.8. The van der Waals surface area contributed by atoms with Crippen LogP contribution in [0.2, 0.25) is 0 Å². The minimum Gasteiger partial charge on any atom is -0.435 e. The van der Waals surface area contributed by atoms with Crippen LogP contribution in [-0.4, -0.2) is 46.0 Å². The number of nitrogens with one attached hydrogen (secondary N) is 1. The Balaban J connectivity index is 1.73. The number of hydrogen-bond acceptors (Lipinski definition) is 5. The van der Waals surface area contributed by atoms with E-state index in [1.165, 1.54) is 18.3 Å². The average Bonchev–Trinajstić information content (AvgIpc) is 3.31. The summed E-state index contributed by atoms with van der Waals surface area (Å²) in [5.74, 6) is -0.185. The molecule has 1 amide bonds. The van der Waals surface area contributed by atoms with Crippen LogP contribution in [0.1, 0.15) is 43.6 Å². The number of carbonyl (C=O) groups is 1. The molecule has 1 saturated heterocycles. The Morgan fingerprint density at radius 2 is 2.13 bits per heavy atom. The van der Waals surface area contributed by atoms with E-state index in [2.05, 4.69) is 20.1 Å². The average molecular weight is 430 g/mol. The number of alkyl halides is 2. The van der Waals surface area contributed by atoms with Gasteiger partial charge in [0.1, 0.15) is 17.0 Å². The summed E-state index contributed by atoms with van der Waals surface area (Å²) >= 11 is 0. The maximum atomic E-state index is 12.8. The third-order valence-corrected chi connectivity index (χ3v) is 5.26. The molecule has 2 aromatic heterocycles. The van der Waals surface area contributed by atoms with Crippen molar-refractivity contribution in [3.63, 3.8) is 0 Å². The molecule has 3 heterocycles. The predicted molar refractivity (Wildman–Crippen MR) is 111 cm³/mol. The van der Waals surface area contributed by atoms with E-state index < -0.39 is 12.2 Å². The second-order valence-electron chi connectivity index (χ2n) is 8.20. The van der Waals surface area contributed by atoms with Crippen molar-refractivity contribution in [2.75, 3.05) is 13.2 Å². The molecule has 4 rings (SSSR count). The number of ether oxygens (including phenoxy) is 2. The molecule has 31 heavy (non-hydrogen) atoms. The molecule has 0 radical (unpaired) electrons. The summed E-state index contributed by atoms with van der Waals surface area (Å²) in [6.45, 7) is 4.07. The Bertz CT molecular complexity index is 1110. The lowest BCUT2D eigenvalue weighted by Gasteiger charge is -2.23. The van der Waals surface area contributed by atoms with Crippen molar-refractivity contribution in [1.82, 2.24) is 20.1 Å². The van der Waals surface area contributed by atoms with Gasteiger partial charge in [0.05, 0.1) is 23.2 Å². The monoisotopic (exact) mass is 430 g/mol. The van der Waals surface area contributed by atoms with E-state index in [4.69, 9.17) is 4.74 Å². The van der Waals surface area contributed by atoms with Crippen molar-refractivity contribution in [2.24, 2.45) is 0 Å². The fourth-order valence-corrected chi connectivity index (χ4v) is 3.66. The highest BCUT2D eigenvalue weighted by Crippen LogP contribution is 2.31. The molecule has 1 unspecified atom stereocenters. The van der Waals surface area contributed by atoms with E-state index in [0.717, 1.165) is 6.42 Å². The second-order valence-corrected chi connectivity index (χ2v) is 8.20. The number of pyridine rings is 1. The summed E-state index contributed by atoms with van der Waals surface area (Å²) in [6, 6.07) is 8.10. The molecular formula is C22H24F2N4O3. The fraction of sp³-hybridized carbons (Fsp3) is 0.409. The lowest BCUT2D eigenvalue weighted by atomic mass is 10.0. The highest BCUT2D eigenvalue weighted by atomic mass is 19.3. The minimum absolute atomic E-state index is 0.00222. The van der Waals surface area contributed by atoms with E-state index in [0.29, 0.717) is 41.1 Å².